The van der Waals surface area contributed by atoms with E-state index in [1.165, 1.54) is 12.8 Å². The maximum atomic E-state index is 11.5. The van der Waals surface area contributed by atoms with Crippen LogP contribution in [-0.2, 0) is 9.47 Å². The Morgan fingerprint density at radius 2 is 2.06 bits per heavy atom. The number of amides is 1. The van der Waals surface area contributed by atoms with Crippen LogP contribution in [0.4, 0.5) is 4.79 Å². The van der Waals surface area contributed by atoms with Crippen LogP contribution in [0.3, 0.4) is 0 Å². The Morgan fingerprint density at radius 3 is 2.71 bits per heavy atom. The minimum Gasteiger partial charge on any atom is -0.449 e. The molecule has 17 heavy (non-hydrogen) atoms. The van der Waals surface area contributed by atoms with E-state index in [0.29, 0.717) is 26.3 Å². The van der Waals surface area contributed by atoms with E-state index in [1.54, 1.807) is 4.90 Å². The number of nitrogens with zero attached hydrogens (tertiary/aromatic N) is 1. The van der Waals surface area contributed by atoms with E-state index >= 15 is 0 Å². The Bertz CT molecular complexity index is 217. The fourth-order valence-corrected chi connectivity index (χ4v) is 1.69. The van der Waals surface area contributed by atoms with E-state index in [-0.39, 0.29) is 18.8 Å². The highest BCUT2D eigenvalue weighted by atomic mass is 16.6. The van der Waals surface area contributed by atoms with Gasteiger partial charge in [0.1, 0.15) is 0 Å². The van der Waals surface area contributed by atoms with Gasteiger partial charge in [-0.25, -0.2) is 4.79 Å². The minimum absolute atomic E-state index is 0.0262. The zero-order valence-corrected chi connectivity index (χ0v) is 10.6. The van der Waals surface area contributed by atoms with Crippen molar-refractivity contribution in [2.24, 2.45) is 0 Å². The number of unbranched alkanes of at least 4 members (excludes halogenated alkanes) is 3. The molecule has 0 bridgehead atoms. The van der Waals surface area contributed by atoms with Gasteiger partial charge in [-0.2, -0.15) is 0 Å². The summed E-state index contributed by atoms with van der Waals surface area (Å²) in [7, 11) is 0. The quantitative estimate of drug-likeness (QED) is 0.657. The fraction of sp³-hybridized carbons (Fsp3) is 0.917. The second-order valence-corrected chi connectivity index (χ2v) is 4.30. The second kappa shape index (κ2) is 8.31. The third kappa shape index (κ3) is 5.37. The van der Waals surface area contributed by atoms with Gasteiger partial charge in [-0.1, -0.05) is 26.2 Å². The third-order valence-electron chi connectivity index (χ3n) is 2.77. The van der Waals surface area contributed by atoms with Gasteiger partial charge in [-0.05, 0) is 6.42 Å². The van der Waals surface area contributed by atoms with Gasteiger partial charge in [0.05, 0.1) is 39.0 Å². The molecule has 0 saturated carbocycles. The first-order valence-electron chi connectivity index (χ1n) is 6.42. The molecule has 1 aliphatic heterocycles. The van der Waals surface area contributed by atoms with E-state index in [1.807, 2.05) is 0 Å². The number of hydrogen-bond donors (Lipinski definition) is 1. The topological polar surface area (TPSA) is 59.0 Å². The molecular weight excluding hydrogens is 222 g/mol. The standard InChI is InChI=1S/C12H23NO4/c1-2-3-4-5-7-17-12(15)13-9-11(10-13)16-8-6-14/h11,14H,2-10H2,1H3. The van der Waals surface area contributed by atoms with Crippen LogP contribution in [0.5, 0.6) is 0 Å². The third-order valence-corrected chi connectivity index (χ3v) is 2.77. The molecule has 0 radical (unpaired) electrons. The van der Waals surface area contributed by atoms with E-state index in [0.717, 1.165) is 12.8 Å². The average Bonchev–Trinajstić information content (AvgIpc) is 2.27. The predicted octanol–water partition coefficient (Wildman–Crippen LogP) is 1.40. The van der Waals surface area contributed by atoms with Crippen molar-refractivity contribution in [3.05, 3.63) is 0 Å². The highest BCUT2D eigenvalue weighted by molar-refractivity contribution is 5.68. The molecule has 0 aromatic carbocycles. The van der Waals surface area contributed by atoms with Gasteiger partial charge in [0.25, 0.3) is 0 Å². The van der Waals surface area contributed by atoms with Crippen molar-refractivity contribution in [1.29, 1.82) is 0 Å². The molecule has 5 nitrogen and oxygen atoms in total. The minimum atomic E-state index is -0.245. The summed E-state index contributed by atoms with van der Waals surface area (Å²) in [6.45, 7) is 4.18. The van der Waals surface area contributed by atoms with Crippen molar-refractivity contribution in [3.63, 3.8) is 0 Å². The molecule has 0 aromatic rings. The van der Waals surface area contributed by atoms with Crippen LogP contribution in [0.2, 0.25) is 0 Å². The smallest absolute Gasteiger partial charge is 0.409 e. The molecule has 1 rings (SSSR count). The Kier molecular flexibility index (Phi) is 6.96. The monoisotopic (exact) mass is 245 g/mol. The summed E-state index contributed by atoms with van der Waals surface area (Å²) in [5, 5.41) is 8.57. The van der Waals surface area contributed by atoms with Crippen LogP contribution in [0.15, 0.2) is 0 Å². The SMILES string of the molecule is CCCCCCOC(=O)N1CC(OCCO)C1. The number of likely N-dealkylation sites (tertiary alicyclic amines) is 1. The number of aliphatic hydroxyl groups is 1. The van der Waals surface area contributed by atoms with E-state index in [9.17, 15) is 4.79 Å². The molecule has 5 heteroatoms. The van der Waals surface area contributed by atoms with Crippen molar-refractivity contribution in [3.8, 4) is 0 Å². The average molecular weight is 245 g/mol. The molecule has 1 aliphatic rings. The zero-order chi connectivity index (χ0) is 12.5. The molecule has 1 N–H and O–H groups in total. The Balaban J connectivity index is 1.95. The van der Waals surface area contributed by atoms with Gasteiger partial charge in [-0.15, -0.1) is 0 Å². The molecule has 0 spiro atoms. The molecule has 0 atom stereocenters. The maximum absolute atomic E-state index is 11.5. The molecule has 0 unspecified atom stereocenters. The molecule has 0 aromatic heterocycles. The zero-order valence-electron chi connectivity index (χ0n) is 10.6. The molecule has 1 heterocycles. The first-order chi connectivity index (χ1) is 8.27. The molecule has 100 valence electrons. The molecule has 1 saturated heterocycles. The number of ether oxygens (including phenoxy) is 2. The van der Waals surface area contributed by atoms with E-state index in [2.05, 4.69) is 6.92 Å². The summed E-state index contributed by atoms with van der Waals surface area (Å²) < 4.78 is 10.4. The van der Waals surface area contributed by atoms with Crippen molar-refractivity contribution >= 4 is 6.09 Å². The largest absolute Gasteiger partial charge is 0.449 e. The van der Waals surface area contributed by atoms with Crippen LogP contribution in [0.1, 0.15) is 32.6 Å². The van der Waals surface area contributed by atoms with Crippen molar-refractivity contribution in [2.75, 3.05) is 32.9 Å². The number of carbonyl (C=O) groups excluding carboxylic acids is 1. The number of hydrogen-bond acceptors (Lipinski definition) is 4. The summed E-state index contributed by atoms with van der Waals surface area (Å²) in [5.74, 6) is 0. The van der Waals surface area contributed by atoms with E-state index < -0.39 is 0 Å². The lowest BCUT2D eigenvalue weighted by Crippen LogP contribution is -2.55. The molecule has 0 aliphatic carbocycles. The molecule has 1 amide bonds. The van der Waals surface area contributed by atoms with Crippen molar-refractivity contribution < 1.29 is 19.4 Å². The summed E-state index contributed by atoms with van der Waals surface area (Å²) in [6.07, 6.45) is 4.26. The summed E-state index contributed by atoms with van der Waals surface area (Å²) in [6, 6.07) is 0. The number of aliphatic hydroxyl groups excluding tert-OH is 1. The van der Waals surface area contributed by atoms with Crippen LogP contribution in [0, 0.1) is 0 Å². The first-order valence-corrected chi connectivity index (χ1v) is 6.42. The van der Waals surface area contributed by atoms with Crippen LogP contribution in [-0.4, -0.2) is 55.1 Å². The lowest BCUT2D eigenvalue weighted by molar-refractivity contribution is -0.0582. The number of rotatable bonds is 8. The Hall–Kier alpha value is -0.810. The van der Waals surface area contributed by atoms with Gasteiger partial charge in [0.15, 0.2) is 0 Å². The predicted molar refractivity (Wildman–Crippen MR) is 63.9 cm³/mol. The van der Waals surface area contributed by atoms with Gasteiger partial charge >= 0.3 is 6.09 Å². The van der Waals surface area contributed by atoms with Crippen LogP contribution in [0.25, 0.3) is 0 Å². The Labute approximate surface area is 103 Å². The van der Waals surface area contributed by atoms with Gasteiger partial charge in [0.2, 0.25) is 0 Å². The summed E-state index contributed by atoms with van der Waals surface area (Å²) >= 11 is 0. The van der Waals surface area contributed by atoms with Gasteiger partial charge in [0, 0.05) is 0 Å². The second-order valence-electron chi connectivity index (χ2n) is 4.30. The van der Waals surface area contributed by atoms with Crippen molar-refractivity contribution in [2.45, 2.75) is 38.7 Å². The highest BCUT2D eigenvalue weighted by Gasteiger charge is 2.32. The molecular formula is C12H23NO4. The van der Waals surface area contributed by atoms with Gasteiger partial charge < -0.3 is 19.5 Å². The summed E-state index contributed by atoms with van der Waals surface area (Å²) in [4.78, 5) is 13.1. The fourth-order valence-electron chi connectivity index (χ4n) is 1.69. The first kappa shape index (κ1) is 14.3. The van der Waals surface area contributed by atoms with E-state index in [4.69, 9.17) is 14.6 Å². The van der Waals surface area contributed by atoms with Gasteiger partial charge in [-0.3, -0.25) is 0 Å². The Morgan fingerprint density at radius 1 is 1.29 bits per heavy atom. The van der Waals surface area contributed by atoms with Crippen molar-refractivity contribution in [1.82, 2.24) is 4.90 Å². The van der Waals surface area contributed by atoms with Crippen LogP contribution >= 0.6 is 0 Å². The lowest BCUT2D eigenvalue weighted by atomic mass is 10.2. The molecule has 1 fully saturated rings. The normalized spacial score (nSPS) is 15.8. The number of carbonyl (C=O) groups is 1. The van der Waals surface area contributed by atoms with Crippen LogP contribution < -0.4 is 0 Å². The highest BCUT2D eigenvalue weighted by Crippen LogP contribution is 2.13. The lowest BCUT2D eigenvalue weighted by Gasteiger charge is -2.37. The summed E-state index contributed by atoms with van der Waals surface area (Å²) in [5.41, 5.74) is 0. The maximum Gasteiger partial charge on any atom is 0.409 e.